The molecule has 1 atom stereocenters. The summed E-state index contributed by atoms with van der Waals surface area (Å²) >= 11 is 0. The molecule has 0 unspecified atom stereocenters. The van der Waals surface area contributed by atoms with E-state index < -0.39 is 0 Å². The van der Waals surface area contributed by atoms with Crippen molar-refractivity contribution in [3.05, 3.63) is 48.3 Å². The van der Waals surface area contributed by atoms with E-state index in [2.05, 4.69) is 15.7 Å². The van der Waals surface area contributed by atoms with Crippen molar-refractivity contribution in [3.63, 3.8) is 0 Å². The van der Waals surface area contributed by atoms with Crippen molar-refractivity contribution >= 4 is 11.7 Å². The highest BCUT2D eigenvalue weighted by Crippen LogP contribution is 2.12. The Morgan fingerprint density at radius 1 is 1.36 bits per heavy atom. The quantitative estimate of drug-likeness (QED) is 0.889. The molecule has 0 saturated carbocycles. The molecule has 1 saturated heterocycles. The number of rotatable bonds is 5. The predicted molar refractivity (Wildman–Crippen MR) is 83.8 cm³/mol. The summed E-state index contributed by atoms with van der Waals surface area (Å²) in [5.74, 6) is 0. The van der Waals surface area contributed by atoms with Gasteiger partial charge >= 0.3 is 6.03 Å². The fourth-order valence-electron chi connectivity index (χ4n) is 2.46. The van der Waals surface area contributed by atoms with Crippen LogP contribution in [0.1, 0.15) is 18.4 Å². The van der Waals surface area contributed by atoms with Gasteiger partial charge in [-0.2, -0.15) is 5.10 Å². The Morgan fingerprint density at radius 3 is 2.91 bits per heavy atom. The highest BCUT2D eigenvalue weighted by Gasteiger charge is 2.15. The van der Waals surface area contributed by atoms with Crippen molar-refractivity contribution in [2.24, 2.45) is 0 Å². The Kier molecular flexibility index (Phi) is 4.70. The van der Waals surface area contributed by atoms with Gasteiger partial charge in [0, 0.05) is 31.2 Å². The standard InChI is InChI=1S/C16H20N4O2/c21-16(17-11-15-3-1-10-22-15)19-14-6-4-13(5-7-14)12-20-9-2-8-18-20/h2,4-9,15H,1,3,10-12H2,(H2,17,19,21)/t15-/m0/s1. The normalized spacial score (nSPS) is 17.4. The number of amides is 2. The first-order valence-electron chi connectivity index (χ1n) is 7.52. The van der Waals surface area contributed by atoms with Crippen LogP contribution < -0.4 is 10.6 Å². The third kappa shape index (κ3) is 4.08. The van der Waals surface area contributed by atoms with Crippen LogP contribution >= 0.6 is 0 Å². The topological polar surface area (TPSA) is 68.2 Å². The van der Waals surface area contributed by atoms with E-state index in [1.165, 1.54) is 0 Å². The molecule has 2 N–H and O–H groups in total. The van der Waals surface area contributed by atoms with Crippen molar-refractivity contribution in [1.82, 2.24) is 15.1 Å². The maximum atomic E-state index is 11.8. The van der Waals surface area contributed by atoms with Crippen LogP contribution in [0.4, 0.5) is 10.5 Å². The monoisotopic (exact) mass is 300 g/mol. The van der Waals surface area contributed by atoms with Gasteiger partial charge in [0.05, 0.1) is 12.6 Å². The average Bonchev–Trinajstić information content (AvgIpc) is 3.20. The summed E-state index contributed by atoms with van der Waals surface area (Å²) in [5.41, 5.74) is 1.91. The molecule has 116 valence electrons. The summed E-state index contributed by atoms with van der Waals surface area (Å²) in [6.45, 7) is 2.08. The number of hydrogen-bond acceptors (Lipinski definition) is 3. The lowest BCUT2D eigenvalue weighted by Gasteiger charge is -2.12. The number of carbonyl (C=O) groups excluding carboxylic acids is 1. The number of hydrogen-bond donors (Lipinski definition) is 2. The highest BCUT2D eigenvalue weighted by molar-refractivity contribution is 5.89. The third-order valence-electron chi connectivity index (χ3n) is 3.63. The summed E-state index contributed by atoms with van der Waals surface area (Å²) < 4.78 is 7.33. The molecule has 0 aliphatic carbocycles. The number of urea groups is 1. The van der Waals surface area contributed by atoms with Gasteiger partial charge in [0.25, 0.3) is 0 Å². The van der Waals surface area contributed by atoms with Gasteiger partial charge in [-0.05, 0) is 36.6 Å². The molecule has 0 radical (unpaired) electrons. The molecular weight excluding hydrogens is 280 g/mol. The van der Waals surface area contributed by atoms with E-state index in [0.717, 1.165) is 37.2 Å². The molecule has 6 heteroatoms. The van der Waals surface area contributed by atoms with Crippen LogP contribution in [0.25, 0.3) is 0 Å². The summed E-state index contributed by atoms with van der Waals surface area (Å²) in [4.78, 5) is 11.8. The number of aromatic nitrogens is 2. The van der Waals surface area contributed by atoms with E-state index in [9.17, 15) is 4.79 Å². The number of nitrogens with zero attached hydrogens (tertiary/aromatic N) is 2. The first kappa shape index (κ1) is 14.6. The maximum absolute atomic E-state index is 11.8. The SMILES string of the molecule is O=C(NC[C@@H]1CCCO1)Nc1ccc(Cn2cccn2)cc1. The molecule has 2 heterocycles. The Bertz CT molecular complexity index is 589. The summed E-state index contributed by atoms with van der Waals surface area (Å²) in [6.07, 6.45) is 5.93. The second-order valence-corrected chi connectivity index (χ2v) is 5.37. The Balaban J connectivity index is 1.46. The van der Waals surface area contributed by atoms with Gasteiger partial charge in [0.15, 0.2) is 0 Å². The van der Waals surface area contributed by atoms with Gasteiger partial charge in [0.1, 0.15) is 0 Å². The molecule has 2 aromatic rings. The number of ether oxygens (including phenoxy) is 1. The van der Waals surface area contributed by atoms with Gasteiger partial charge in [-0.25, -0.2) is 4.79 Å². The largest absolute Gasteiger partial charge is 0.376 e. The Hall–Kier alpha value is -2.34. The molecule has 1 fully saturated rings. The molecule has 0 bridgehead atoms. The van der Waals surface area contributed by atoms with Crippen molar-refractivity contribution in [2.75, 3.05) is 18.5 Å². The van der Waals surface area contributed by atoms with Crippen molar-refractivity contribution < 1.29 is 9.53 Å². The maximum Gasteiger partial charge on any atom is 0.319 e. The lowest BCUT2D eigenvalue weighted by Crippen LogP contribution is -2.35. The molecule has 1 aliphatic rings. The Labute approximate surface area is 129 Å². The molecule has 1 aromatic heterocycles. The summed E-state index contributed by atoms with van der Waals surface area (Å²) in [7, 11) is 0. The molecule has 2 amide bonds. The molecule has 1 aliphatic heterocycles. The minimum absolute atomic E-state index is 0.155. The third-order valence-corrected chi connectivity index (χ3v) is 3.63. The Morgan fingerprint density at radius 2 is 2.23 bits per heavy atom. The van der Waals surface area contributed by atoms with Crippen LogP contribution in [0.5, 0.6) is 0 Å². The smallest absolute Gasteiger partial charge is 0.319 e. The van der Waals surface area contributed by atoms with E-state index in [1.54, 1.807) is 6.20 Å². The fourth-order valence-corrected chi connectivity index (χ4v) is 2.46. The van der Waals surface area contributed by atoms with Crippen LogP contribution in [0, 0.1) is 0 Å². The van der Waals surface area contributed by atoms with Gasteiger partial charge in [0.2, 0.25) is 0 Å². The number of anilines is 1. The number of benzene rings is 1. The zero-order valence-electron chi connectivity index (χ0n) is 12.4. The van der Waals surface area contributed by atoms with Crippen LogP contribution in [0.3, 0.4) is 0 Å². The zero-order chi connectivity index (χ0) is 15.2. The lowest BCUT2D eigenvalue weighted by atomic mass is 10.2. The second kappa shape index (κ2) is 7.09. The van der Waals surface area contributed by atoms with Crippen LogP contribution in [-0.4, -0.2) is 35.1 Å². The van der Waals surface area contributed by atoms with E-state index in [4.69, 9.17) is 4.74 Å². The highest BCUT2D eigenvalue weighted by atomic mass is 16.5. The van der Waals surface area contributed by atoms with Gasteiger partial charge in [-0.3, -0.25) is 4.68 Å². The van der Waals surface area contributed by atoms with Crippen LogP contribution in [-0.2, 0) is 11.3 Å². The zero-order valence-corrected chi connectivity index (χ0v) is 12.4. The minimum atomic E-state index is -0.199. The van der Waals surface area contributed by atoms with Gasteiger partial charge < -0.3 is 15.4 Å². The molecular formula is C16H20N4O2. The lowest BCUT2D eigenvalue weighted by molar-refractivity contribution is 0.112. The van der Waals surface area contributed by atoms with Crippen molar-refractivity contribution in [1.29, 1.82) is 0 Å². The first-order chi connectivity index (χ1) is 10.8. The van der Waals surface area contributed by atoms with Crippen molar-refractivity contribution in [2.45, 2.75) is 25.5 Å². The van der Waals surface area contributed by atoms with E-state index >= 15 is 0 Å². The van der Waals surface area contributed by atoms with Gasteiger partial charge in [-0.1, -0.05) is 12.1 Å². The average molecular weight is 300 g/mol. The van der Waals surface area contributed by atoms with Crippen molar-refractivity contribution in [3.8, 4) is 0 Å². The van der Waals surface area contributed by atoms with E-state index in [-0.39, 0.29) is 12.1 Å². The first-order valence-corrected chi connectivity index (χ1v) is 7.52. The van der Waals surface area contributed by atoms with Crippen LogP contribution in [0.15, 0.2) is 42.7 Å². The molecule has 3 rings (SSSR count). The van der Waals surface area contributed by atoms with Crippen LogP contribution in [0.2, 0.25) is 0 Å². The van der Waals surface area contributed by atoms with Gasteiger partial charge in [-0.15, -0.1) is 0 Å². The molecule has 0 spiro atoms. The molecule has 6 nitrogen and oxygen atoms in total. The second-order valence-electron chi connectivity index (χ2n) is 5.37. The van der Waals surface area contributed by atoms with E-state index in [1.807, 2.05) is 41.2 Å². The van der Waals surface area contributed by atoms with E-state index in [0.29, 0.717) is 6.54 Å². The molecule has 1 aromatic carbocycles. The number of nitrogens with one attached hydrogen (secondary N) is 2. The number of carbonyl (C=O) groups is 1. The molecule has 22 heavy (non-hydrogen) atoms. The minimum Gasteiger partial charge on any atom is -0.376 e. The summed E-state index contributed by atoms with van der Waals surface area (Å²) in [6, 6.07) is 9.45. The fraction of sp³-hybridized carbons (Fsp3) is 0.375. The summed E-state index contributed by atoms with van der Waals surface area (Å²) in [5, 5.41) is 9.83. The predicted octanol–water partition coefficient (Wildman–Crippen LogP) is 2.23.